The molecule has 0 fully saturated rings. The molecule has 6 nitrogen and oxygen atoms in total. The average Bonchev–Trinajstić information content (AvgIpc) is 2.78. The zero-order chi connectivity index (χ0) is 20.9. The van der Waals surface area contributed by atoms with Crippen LogP contribution in [0.4, 0.5) is 5.69 Å². The summed E-state index contributed by atoms with van der Waals surface area (Å²) >= 11 is 0. The van der Waals surface area contributed by atoms with Gasteiger partial charge in [-0.05, 0) is 29.3 Å². The quantitative estimate of drug-likeness (QED) is 0.558. The number of nitrogens with zero attached hydrogens (tertiary/aromatic N) is 3. The van der Waals surface area contributed by atoms with Gasteiger partial charge in [0.15, 0.2) is 5.69 Å². The number of nitrogens with one attached hydrogen (secondary N) is 1. The lowest BCUT2D eigenvalue weighted by atomic mass is 10.1. The highest BCUT2D eigenvalue weighted by Gasteiger charge is 2.17. The van der Waals surface area contributed by atoms with Crippen LogP contribution in [-0.2, 0) is 13.0 Å². The number of carbonyl (C=O) groups is 1. The Labute approximate surface area is 173 Å². The van der Waals surface area contributed by atoms with E-state index < -0.39 is 5.91 Å². The van der Waals surface area contributed by atoms with E-state index in [4.69, 9.17) is 5.26 Å². The largest absolute Gasteiger partial charge is 0.321 e. The van der Waals surface area contributed by atoms with Crippen molar-refractivity contribution in [2.45, 2.75) is 13.0 Å². The highest BCUT2D eigenvalue weighted by Crippen LogP contribution is 2.17. The van der Waals surface area contributed by atoms with Crippen LogP contribution in [0.1, 0.15) is 21.6 Å². The summed E-state index contributed by atoms with van der Waals surface area (Å²) in [6.07, 6.45) is 0.310. The highest BCUT2D eigenvalue weighted by atomic mass is 16.2. The third-order valence-electron chi connectivity index (χ3n) is 4.75. The van der Waals surface area contributed by atoms with Gasteiger partial charge in [0, 0.05) is 11.1 Å². The van der Waals surface area contributed by atoms with E-state index in [1.54, 1.807) is 48.5 Å². The molecule has 0 saturated carbocycles. The fourth-order valence-electron chi connectivity index (χ4n) is 3.25. The van der Waals surface area contributed by atoms with Crippen molar-refractivity contribution in [2.75, 3.05) is 5.32 Å². The fraction of sp³-hybridized carbons (Fsp3) is 0.0833. The normalized spacial score (nSPS) is 10.5. The molecule has 1 amide bonds. The molecule has 30 heavy (non-hydrogen) atoms. The molecule has 0 aliphatic heterocycles. The molecule has 3 aromatic carbocycles. The number of hydrogen-bond donors (Lipinski definition) is 1. The average molecular weight is 394 g/mol. The van der Waals surface area contributed by atoms with Crippen molar-refractivity contribution < 1.29 is 4.79 Å². The molecule has 0 bridgehead atoms. The maximum Gasteiger partial charge on any atom is 0.276 e. The summed E-state index contributed by atoms with van der Waals surface area (Å²) in [5, 5.41) is 16.9. The van der Waals surface area contributed by atoms with Crippen LogP contribution >= 0.6 is 0 Å². The minimum Gasteiger partial charge on any atom is -0.321 e. The van der Waals surface area contributed by atoms with E-state index in [9.17, 15) is 9.59 Å². The Morgan fingerprint density at radius 1 is 0.900 bits per heavy atom. The van der Waals surface area contributed by atoms with Crippen LogP contribution in [0.2, 0.25) is 0 Å². The monoisotopic (exact) mass is 394 g/mol. The highest BCUT2D eigenvalue weighted by molar-refractivity contribution is 6.11. The first-order chi connectivity index (χ1) is 14.7. The summed E-state index contributed by atoms with van der Waals surface area (Å²) < 4.78 is 1.32. The first-order valence-corrected chi connectivity index (χ1v) is 9.47. The molecule has 0 atom stereocenters. The number of hydrogen-bond acceptors (Lipinski definition) is 4. The molecule has 0 radical (unpaired) electrons. The topological polar surface area (TPSA) is 87.8 Å². The Kier molecular flexibility index (Phi) is 5.35. The molecule has 1 N–H and O–H groups in total. The van der Waals surface area contributed by atoms with Crippen LogP contribution in [0, 0.1) is 11.3 Å². The second-order valence-electron chi connectivity index (χ2n) is 6.83. The van der Waals surface area contributed by atoms with E-state index >= 15 is 0 Å². The number of carbonyl (C=O) groups excluding carboxylic acids is 1. The lowest BCUT2D eigenvalue weighted by molar-refractivity contribution is 0.102. The molecule has 1 aromatic heterocycles. The van der Waals surface area contributed by atoms with Gasteiger partial charge >= 0.3 is 0 Å². The van der Waals surface area contributed by atoms with Crippen molar-refractivity contribution in [1.82, 2.24) is 9.78 Å². The predicted molar refractivity (Wildman–Crippen MR) is 115 cm³/mol. The van der Waals surface area contributed by atoms with Crippen molar-refractivity contribution in [3.8, 4) is 6.07 Å². The van der Waals surface area contributed by atoms with Gasteiger partial charge in [-0.15, -0.1) is 0 Å². The molecule has 4 rings (SSSR count). The number of benzene rings is 3. The van der Waals surface area contributed by atoms with Gasteiger partial charge in [-0.3, -0.25) is 9.59 Å². The number of fused-ring (bicyclic) bond motifs is 1. The summed E-state index contributed by atoms with van der Waals surface area (Å²) in [5.74, 6) is -0.402. The number of nitriles is 1. The standard InChI is InChI=1S/C24H18N4O2/c25-15-14-17-10-12-19(13-11-17)26-23(29)22-20-8-4-5-9-21(20)24(30)28(27-22)16-18-6-2-1-3-7-18/h1-13H,14,16H2,(H,26,29). The van der Waals surface area contributed by atoms with E-state index in [0.29, 0.717) is 22.9 Å². The van der Waals surface area contributed by atoms with Gasteiger partial charge in [0.25, 0.3) is 11.5 Å². The molecule has 146 valence electrons. The van der Waals surface area contributed by atoms with Gasteiger partial charge in [0.05, 0.1) is 24.4 Å². The summed E-state index contributed by atoms with van der Waals surface area (Å²) in [5.41, 5.74) is 2.32. The minimum absolute atomic E-state index is 0.183. The number of rotatable bonds is 5. The fourth-order valence-corrected chi connectivity index (χ4v) is 3.25. The van der Waals surface area contributed by atoms with Crippen molar-refractivity contribution >= 4 is 22.4 Å². The molecule has 6 heteroatoms. The molecule has 1 heterocycles. The Balaban J connectivity index is 1.72. The zero-order valence-corrected chi connectivity index (χ0v) is 16.1. The van der Waals surface area contributed by atoms with Crippen molar-refractivity contribution in [2.24, 2.45) is 0 Å². The minimum atomic E-state index is -0.402. The lowest BCUT2D eigenvalue weighted by Crippen LogP contribution is -2.28. The second-order valence-corrected chi connectivity index (χ2v) is 6.83. The van der Waals surface area contributed by atoms with E-state index in [1.165, 1.54) is 4.68 Å². The number of amides is 1. The van der Waals surface area contributed by atoms with Crippen LogP contribution in [0.25, 0.3) is 10.8 Å². The van der Waals surface area contributed by atoms with E-state index in [2.05, 4.69) is 16.5 Å². The molecule has 0 aliphatic carbocycles. The van der Waals surface area contributed by atoms with Crippen LogP contribution < -0.4 is 10.9 Å². The summed E-state index contributed by atoms with van der Waals surface area (Å²) in [7, 11) is 0. The van der Waals surface area contributed by atoms with E-state index in [1.807, 2.05) is 30.3 Å². The molecule has 0 aliphatic rings. The summed E-state index contributed by atoms with van der Waals surface area (Å²) in [6, 6.07) is 25.6. The van der Waals surface area contributed by atoms with E-state index in [0.717, 1.165) is 11.1 Å². The smallest absolute Gasteiger partial charge is 0.276 e. The first-order valence-electron chi connectivity index (χ1n) is 9.47. The van der Waals surface area contributed by atoms with Gasteiger partial charge in [0.2, 0.25) is 0 Å². The Bertz CT molecular complexity index is 1300. The van der Waals surface area contributed by atoms with Gasteiger partial charge in [-0.1, -0.05) is 60.7 Å². The van der Waals surface area contributed by atoms with Crippen LogP contribution in [0.15, 0.2) is 83.7 Å². The first kappa shape index (κ1) is 19.1. The van der Waals surface area contributed by atoms with E-state index in [-0.39, 0.29) is 17.8 Å². The second kappa shape index (κ2) is 8.41. The molecule has 4 aromatic rings. The van der Waals surface area contributed by atoms with Crippen molar-refractivity contribution in [3.63, 3.8) is 0 Å². The van der Waals surface area contributed by atoms with Gasteiger partial charge < -0.3 is 5.32 Å². The summed E-state index contributed by atoms with van der Waals surface area (Å²) in [6.45, 7) is 0.271. The third-order valence-corrected chi connectivity index (χ3v) is 4.75. The molecule has 0 spiro atoms. The SMILES string of the molecule is N#CCc1ccc(NC(=O)c2nn(Cc3ccccc3)c(=O)c3ccccc23)cc1. The van der Waals surface area contributed by atoms with Crippen LogP contribution in [-0.4, -0.2) is 15.7 Å². The molecular weight excluding hydrogens is 376 g/mol. The Morgan fingerprint density at radius 2 is 1.57 bits per heavy atom. The number of anilines is 1. The maximum absolute atomic E-state index is 13.0. The van der Waals surface area contributed by atoms with Crippen molar-refractivity contribution in [3.05, 3.63) is 106 Å². The summed E-state index contributed by atoms with van der Waals surface area (Å²) in [4.78, 5) is 25.9. The third kappa shape index (κ3) is 3.96. The van der Waals surface area contributed by atoms with Crippen LogP contribution in [0.3, 0.4) is 0 Å². The Morgan fingerprint density at radius 3 is 2.27 bits per heavy atom. The zero-order valence-electron chi connectivity index (χ0n) is 16.1. The number of aromatic nitrogens is 2. The molecular formula is C24H18N4O2. The van der Waals surface area contributed by atoms with Gasteiger partial charge in [-0.25, -0.2) is 4.68 Å². The van der Waals surface area contributed by atoms with Crippen LogP contribution in [0.5, 0.6) is 0 Å². The Hall–Kier alpha value is -4.24. The maximum atomic E-state index is 13.0. The molecule has 0 unspecified atom stereocenters. The lowest BCUT2D eigenvalue weighted by Gasteiger charge is -2.12. The molecule has 0 saturated heterocycles. The van der Waals surface area contributed by atoms with Gasteiger partial charge in [0.1, 0.15) is 0 Å². The van der Waals surface area contributed by atoms with Crippen molar-refractivity contribution in [1.29, 1.82) is 5.26 Å². The van der Waals surface area contributed by atoms with Gasteiger partial charge in [-0.2, -0.15) is 10.4 Å². The predicted octanol–water partition coefficient (Wildman–Crippen LogP) is 3.76.